The monoisotopic (exact) mass is 263 g/mol. The standard InChI is InChI=1S/C14H15F2N3/c1-8-3-2-6-19-13(17)12(18-14(8)19)10-7-9(15)4-5-11(10)16/h4-5,7-8H,2-3,6,17H2,1H3. The van der Waals surface area contributed by atoms with Crippen LogP contribution < -0.4 is 5.73 Å². The molecule has 1 unspecified atom stereocenters. The molecule has 1 aromatic carbocycles. The number of fused-ring (bicyclic) bond motifs is 1. The molecule has 0 radical (unpaired) electrons. The summed E-state index contributed by atoms with van der Waals surface area (Å²) in [5.41, 5.74) is 6.53. The predicted molar refractivity (Wildman–Crippen MR) is 69.6 cm³/mol. The summed E-state index contributed by atoms with van der Waals surface area (Å²) in [5.74, 6) is 0.584. The molecule has 2 heterocycles. The van der Waals surface area contributed by atoms with E-state index >= 15 is 0 Å². The van der Waals surface area contributed by atoms with E-state index in [-0.39, 0.29) is 5.56 Å². The van der Waals surface area contributed by atoms with Crippen LogP contribution in [-0.2, 0) is 6.54 Å². The molecule has 0 spiro atoms. The van der Waals surface area contributed by atoms with Crippen molar-refractivity contribution >= 4 is 5.82 Å². The highest BCUT2D eigenvalue weighted by molar-refractivity contribution is 5.71. The van der Waals surface area contributed by atoms with Gasteiger partial charge < -0.3 is 10.3 Å². The van der Waals surface area contributed by atoms with Crippen LogP contribution in [0.25, 0.3) is 11.3 Å². The number of nitrogens with two attached hydrogens (primary N) is 1. The molecule has 19 heavy (non-hydrogen) atoms. The lowest BCUT2D eigenvalue weighted by molar-refractivity contribution is 0.467. The van der Waals surface area contributed by atoms with E-state index in [1.165, 1.54) is 0 Å². The van der Waals surface area contributed by atoms with Gasteiger partial charge in [0.25, 0.3) is 0 Å². The van der Waals surface area contributed by atoms with Gasteiger partial charge >= 0.3 is 0 Å². The van der Waals surface area contributed by atoms with Crippen LogP contribution in [0.4, 0.5) is 14.6 Å². The summed E-state index contributed by atoms with van der Waals surface area (Å²) in [6, 6.07) is 3.34. The number of halogens is 2. The molecule has 1 aliphatic heterocycles. The quantitative estimate of drug-likeness (QED) is 0.857. The van der Waals surface area contributed by atoms with E-state index in [0.29, 0.717) is 17.4 Å². The van der Waals surface area contributed by atoms with Gasteiger partial charge in [0.2, 0.25) is 0 Å². The molecular weight excluding hydrogens is 248 g/mol. The zero-order valence-corrected chi connectivity index (χ0v) is 10.7. The third kappa shape index (κ3) is 1.89. The summed E-state index contributed by atoms with van der Waals surface area (Å²) in [7, 11) is 0. The minimum Gasteiger partial charge on any atom is -0.383 e. The Morgan fingerprint density at radius 1 is 1.37 bits per heavy atom. The lowest BCUT2D eigenvalue weighted by Crippen LogP contribution is -2.15. The highest BCUT2D eigenvalue weighted by Crippen LogP contribution is 2.35. The zero-order chi connectivity index (χ0) is 13.6. The molecular formula is C14H15F2N3. The fourth-order valence-corrected chi connectivity index (χ4v) is 2.66. The minimum absolute atomic E-state index is 0.131. The number of hydrogen-bond donors (Lipinski definition) is 1. The van der Waals surface area contributed by atoms with Crippen molar-refractivity contribution in [2.24, 2.45) is 0 Å². The van der Waals surface area contributed by atoms with Crippen LogP contribution >= 0.6 is 0 Å². The smallest absolute Gasteiger partial charge is 0.132 e. The molecule has 0 saturated heterocycles. The molecule has 0 fully saturated rings. The Labute approximate surface area is 110 Å². The Balaban J connectivity index is 2.18. The Bertz CT molecular complexity index is 634. The van der Waals surface area contributed by atoms with Gasteiger partial charge in [-0.3, -0.25) is 0 Å². The number of benzene rings is 1. The van der Waals surface area contributed by atoms with Gasteiger partial charge in [-0.25, -0.2) is 13.8 Å². The number of nitrogens with zero attached hydrogens (tertiary/aromatic N) is 2. The van der Waals surface area contributed by atoms with Gasteiger partial charge in [0.05, 0.1) is 0 Å². The van der Waals surface area contributed by atoms with Crippen LogP contribution in [0.3, 0.4) is 0 Å². The van der Waals surface area contributed by atoms with E-state index in [9.17, 15) is 8.78 Å². The molecule has 0 amide bonds. The van der Waals surface area contributed by atoms with Gasteiger partial charge in [-0.05, 0) is 31.0 Å². The largest absolute Gasteiger partial charge is 0.383 e. The van der Waals surface area contributed by atoms with Crippen molar-refractivity contribution in [3.63, 3.8) is 0 Å². The van der Waals surface area contributed by atoms with Crippen molar-refractivity contribution in [2.45, 2.75) is 32.2 Å². The molecule has 0 bridgehead atoms. The Kier molecular flexibility index (Phi) is 2.77. The van der Waals surface area contributed by atoms with E-state index in [0.717, 1.165) is 43.4 Å². The van der Waals surface area contributed by atoms with Crippen LogP contribution in [0.1, 0.15) is 31.5 Å². The summed E-state index contributed by atoms with van der Waals surface area (Å²) in [4.78, 5) is 4.43. The van der Waals surface area contributed by atoms with Crippen LogP contribution in [0.15, 0.2) is 18.2 Å². The normalized spacial score (nSPS) is 18.4. The number of anilines is 1. The molecule has 5 heteroatoms. The number of aromatic nitrogens is 2. The third-order valence-corrected chi connectivity index (χ3v) is 3.68. The third-order valence-electron chi connectivity index (χ3n) is 3.68. The number of hydrogen-bond acceptors (Lipinski definition) is 2. The highest BCUT2D eigenvalue weighted by Gasteiger charge is 2.24. The first-order chi connectivity index (χ1) is 9.08. The van der Waals surface area contributed by atoms with Crippen molar-refractivity contribution < 1.29 is 8.78 Å². The van der Waals surface area contributed by atoms with Gasteiger partial charge in [-0.1, -0.05) is 6.92 Å². The molecule has 0 aliphatic carbocycles. The predicted octanol–water partition coefficient (Wildman–Crippen LogP) is 3.31. The topological polar surface area (TPSA) is 43.8 Å². The summed E-state index contributed by atoms with van der Waals surface area (Å²) in [5, 5.41) is 0. The van der Waals surface area contributed by atoms with Crippen LogP contribution in [0.5, 0.6) is 0 Å². The maximum atomic E-state index is 13.8. The van der Waals surface area contributed by atoms with E-state index in [1.807, 2.05) is 4.57 Å². The average molecular weight is 263 g/mol. The SMILES string of the molecule is CC1CCCn2c1nc(-c1cc(F)ccc1F)c2N. The molecule has 1 aliphatic rings. The average Bonchev–Trinajstić information content (AvgIpc) is 2.72. The highest BCUT2D eigenvalue weighted by atomic mass is 19.1. The molecule has 3 rings (SSSR count). The van der Waals surface area contributed by atoms with Gasteiger partial charge in [-0.15, -0.1) is 0 Å². The summed E-state index contributed by atoms with van der Waals surface area (Å²) in [6.45, 7) is 2.86. The second-order valence-electron chi connectivity index (χ2n) is 5.02. The fraction of sp³-hybridized carbons (Fsp3) is 0.357. The van der Waals surface area contributed by atoms with Crippen LogP contribution in [0.2, 0.25) is 0 Å². The van der Waals surface area contributed by atoms with Gasteiger partial charge in [0.1, 0.15) is 29.0 Å². The van der Waals surface area contributed by atoms with Gasteiger partial charge in [-0.2, -0.15) is 0 Å². The molecule has 2 aromatic rings. The lowest BCUT2D eigenvalue weighted by Gasteiger charge is -2.20. The number of rotatable bonds is 1. The van der Waals surface area contributed by atoms with E-state index in [4.69, 9.17) is 5.73 Å². The van der Waals surface area contributed by atoms with Crippen molar-refractivity contribution in [3.05, 3.63) is 35.7 Å². The van der Waals surface area contributed by atoms with Crippen LogP contribution in [-0.4, -0.2) is 9.55 Å². The maximum Gasteiger partial charge on any atom is 0.132 e. The first-order valence-electron chi connectivity index (χ1n) is 6.39. The van der Waals surface area contributed by atoms with Crippen molar-refractivity contribution in [3.8, 4) is 11.3 Å². The van der Waals surface area contributed by atoms with E-state index < -0.39 is 11.6 Å². The maximum absolute atomic E-state index is 13.8. The number of imidazole rings is 1. The van der Waals surface area contributed by atoms with Crippen molar-refractivity contribution in [1.29, 1.82) is 0 Å². The van der Waals surface area contributed by atoms with Crippen molar-refractivity contribution in [1.82, 2.24) is 9.55 Å². The Morgan fingerprint density at radius 2 is 2.16 bits per heavy atom. The molecule has 1 aromatic heterocycles. The first kappa shape index (κ1) is 12.1. The molecule has 2 N–H and O–H groups in total. The second kappa shape index (κ2) is 4.33. The minimum atomic E-state index is -0.504. The van der Waals surface area contributed by atoms with Crippen molar-refractivity contribution in [2.75, 3.05) is 5.73 Å². The summed E-state index contributed by atoms with van der Waals surface area (Å²) >= 11 is 0. The fourth-order valence-electron chi connectivity index (χ4n) is 2.66. The second-order valence-corrected chi connectivity index (χ2v) is 5.02. The molecule has 0 saturated carbocycles. The summed E-state index contributed by atoms with van der Waals surface area (Å²) < 4.78 is 29.0. The van der Waals surface area contributed by atoms with E-state index in [2.05, 4.69) is 11.9 Å². The molecule has 100 valence electrons. The molecule has 3 nitrogen and oxygen atoms in total. The first-order valence-corrected chi connectivity index (χ1v) is 6.39. The van der Waals surface area contributed by atoms with Crippen LogP contribution in [0, 0.1) is 11.6 Å². The molecule has 1 atom stereocenters. The number of nitrogen functional groups attached to an aromatic ring is 1. The van der Waals surface area contributed by atoms with E-state index in [1.54, 1.807) is 0 Å². The lowest BCUT2D eigenvalue weighted by atomic mass is 10.0. The van der Waals surface area contributed by atoms with Gasteiger partial charge in [0.15, 0.2) is 0 Å². The summed E-state index contributed by atoms with van der Waals surface area (Å²) in [6.07, 6.45) is 2.07. The zero-order valence-electron chi connectivity index (χ0n) is 10.7. The van der Waals surface area contributed by atoms with Gasteiger partial charge in [0, 0.05) is 18.0 Å². The Hall–Kier alpha value is -1.91. The Morgan fingerprint density at radius 3 is 2.89 bits per heavy atom.